The SMILES string of the molecule is CCNC(=NCc1cc(C(C)C)no1)N1CCN(c2nc(CC)ns2)CC1.I. The summed E-state index contributed by atoms with van der Waals surface area (Å²) < 4.78 is 9.80. The molecule has 1 N–H and O–H groups in total. The number of aryl methyl sites for hydroxylation is 1. The zero-order valence-corrected chi connectivity index (χ0v) is 20.2. The number of halogens is 1. The van der Waals surface area contributed by atoms with E-state index in [0.29, 0.717) is 12.5 Å². The van der Waals surface area contributed by atoms with E-state index in [0.717, 1.165) is 67.5 Å². The Balaban J connectivity index is 0.00000280. The van der Waals surface area contributed by atoms with Crippen LogP contribution in [0.15, 0.2) is 15.6 Å². The first-order valence-corrected chi connectivity index (χ1v) is 10.4. The van der Waals surface area contributed by atoms with E-state index in [2.05, 4.69) is 57.3 Å². The minimum atomic E-state index is 0. The van der Waals surface area contributed by atoms with Crippen molar-refractivity contribution in [1.82, 2.24) is 24.7 Å². The van der Waals surface area contributed by atoms with Crippen molar-refractivity contribution in [2.45, 2.75) is 46.6 Å². The van der Waals surface area contributed by atoms with Gasteiger partial charge in [0.05, 0.1) is 5.69 Å². The molecule has 1 aliphatic heterocycles. The number of guanidine groups is 1. The van der Waals surface area contributed by atoms with E-state index < -0.39 is 0 Å². The molecule has 28 heavy (non-hydrogen) atoms. The van der Waals surface area contributed by atoms with Crippen LogP contribution in [0, 0.1) is 0 Å². The summed E-state index contributed by atoms with van der Waals surface area (Å²) in [7, 11) is 0. The van der Waals surface area contributed by atoms with E-state index in [4.69, 9.17) is 9.52 Å². The second-order valence-electron chi connectivity index (χ2n) is 6.86. The van der Waals surface area contributed by atoms with Crippen LogP contribution in [0.2, 0.25) is 0 Å². The molecule has 0 saturated carbocycles. The van der Waals surface area contributed by atoms with Gasteiger partial charge in [0.2, 0.25) is 5.13 Å². The lowest BCUT2D eigenvalue weighted by Crippen LogP contribution is -2.52. The molecule has 8 nitrogen and oxygen atoms in total. The standard InChI is InChI=1S/C18H29N7OS.HI/c1-5-16-21-18(27-23-16)25-9-7-24(8-10-25)17(19-6-2)20-12-14-11-15(13(3)4)22-26-14;/h11,13H,5-10,12H2,1-4H3,(H,19,20);1H. The minimum Gasteiger partial charge on any atom is -0.359 e. The number of anilines is 1. The van der Waals surface area contributed by atoms with E-state index in [-0.39, 0.29) is 24.0 Å². The molecule has 1 aliphatic rings. The molecule has 2 aromatic rings. The zero-order valence-electron chi connectivity index (χ0n) is 17.0. The van der Waals surface area contributed by atoms with Gasteiger partial charge in [0.1, 0.15) is 12.4 Å². The normalized spacial score (nSPS) is 15.1. The van der Waals surface area contributed by atoms with E-state index in [1.54, 1.807) is 0 Å². The third-order valence-electron chi connectivity index (χ3n) is 4.51. The summed E-state index contributed by atoms with van der Waals surface area (Å²) in [6.07, 6.45) is 0.883. The number of hydrogen-bond donors (Lipinski definition) is 1. The average molecular weight is 519 g/mol. The number of nitrogens with one attached hydrogen (secondary N) is 1. The largest absolute Gasteiger partial charge is 0.359 e. The number of hydrogen-bond acceptors (Lipinski definition) is 7. The highest BCUT2D eigenvalue weighted by molar-refractivity contribution is 14.0. The molecule has 0 unspecified atom stereocenters. The predicted octanol–water partition coefficient (Wildman–Crippen LogP) is 3.12. The quantitative estimate of drug-likeness (QED) is 0.357. The van der Waals surface area contributed by atoms with Crippen LogP contribution in [-0.2, 0) is 13.0 Å². The van der Waals surface area contributed by atoms with Gasteiger partial charge in [-0.2, -0.15) is 4.37 Å². The molecule has 0 aromatic carbocycles. The van der Waals surface area contributed by atoms with Crippen molar-refractivity contribution in [3.63, 3.8) is 0 Å². The number of aromatic nitrogens is 3. The third-order valence-corrected chi connectivity index (χ3v) is 5.33. The lowest BCUT2D eigenvalue weighted by Gasteiger charge is -2.36. The van der Waals surface area contributed by atoms with Crippen molar-refractivity contribution >= 4 is 46.6 Å². The smallest absolute Gasteiger partial charge is 0.205 e. The highest BCUT2D eigenvalue weighted by Gasteiger charge is 2.22. The predicted molar refractivity (Wildman–Crippen MR) is 124 cm³/mol. The zero-order chi connectivity index (χ0) is 19.2. The van der Waals surface area contributed by atoms with Gasteiger partial charge in [-0.3, -0.25) is 0 Å². The summed E-state index contributed by atoms with van der Waals surface area (Å²) >= 11 is 1.49. The lowest BCUT2D eigenvalue weighted by atomic mass is 10.1. The van der Waals surface area contributed by atoms with Crippen molar-refractivity contribution in [1.29, 1.82) is 0 Å². The van der Waals surface area contributed by atoms with Crippen molar-refractivity contribution in [3.8, 4) is 0 Å². The summed E-state index contributed by atoms with van der Waals surface area (Å²) in [5, 5.41) is 8.52. The monoisotopic (exact) mass is 519 g/mol. The summed E-state index contributed by atoms with van der Waals surface area (Å²) in [5.41, 5.74) is 0.974. The first-order chi connectivity index (χ1) is 13.1. The maximum atomic E-state index is 5.40. The van der Waals surface area contributed by atoms with Crippen molar-refractivity contribution in [2.75, 3.05) is 37.6 Å². The molecule has 0 amide bonds. The van der Waals surface area contributed by atoms with Crippen LogP contribution in [0.4, 0.5) is 5.13 Å². The highest BCUT2D eigenvalue weighted by Crippen LogP contribution is 2.19. The molecule has 3 rings (SSSR count). The summed E-state index contributed by atoms with van der Waals surface area (Å²) in [6, 6.07) is 2.00. The minimum absolute atomic E-state index is 0. The Kier molecular flexibility index (Phi) is 8.93. The van der Waals surface area contributed by atoms with Crippen molar-refractivity contribution in [2.24, 2.45) is 4.99 Å². The van der Waals surface area contributed by atoms with E-state index in [1.807, 2.05) is 6.07 Å². The van der Waals surface area contributed by atoms with Gasteiger partial charge in [-0.1, -0.05) is 25.9 Å². The molecule has 0 aliphatic carbocycles. The van der Waals surface area contributed by atoms with Gasteiger partial charge < -0.3 is 19.6 Å². The van der Waals surface area contributed by atoms with Gasteiger partial charge >= 0.3 is 0 Å². The van der Waals surface area contributed by atoms with Crippen LogP contribution in [0.1, 0.15) is 50.9 Å². The third kappa shape index (κ3) is 5.79. The van der Waals surface area contributed by atoms with Crippen molar-refractivity contribution < 1.29 is 4.52 Å². The maximum Gasteiger partial charge on any atom is 0.205 e. The Bertz CT molecular complexity index is 753. The fourth-order valence-corrected chi connectivity index (χ4v) is 3.68. The first-order valence-electron chi connectivity index (χ1n) is 9.67. The van der Waals surface area contributed by atoms with Gasteiger partial charge in [-0.25, -0.2) is 9.98 Å². The Hall–Kier alpha value is -1.43. The van der Waals surface area contributed by atoms with Gasteiger partial charge in [0.25, 0.3) is 0 Å². The molecule has 10 heteroatoms. The van der Waals surface area contributed by atoms with Crippen molar-refractivity contribution in [3.05, 3.63) is 23.3 Å². The Morgan fingerprint density at radius 3 is 2.61 bits per heavy atom. The molecular weight excluding hydrogens is 489 g/mol. The number of aliphatic imine (C=N–C) groups is 1. The van der Waals surface area contributed by atoms with Gasteiger partial charge in [-0.15, -0.1) is 24.0 Å². The fraction of sp³-hybridized carbons (Fsp3) is 0.667. The molecule has 0 bridgehead atoms. The molecular formula is C18H30IN7OS. The van der Waals surface area contributed by atoms with Crippen LogP contribution < -0.4 is 10.2 Å². The Labute approximate surface area is 188 Å². The average Bonchev–Trinajstić information content (AvgIpc) is 3.35. The maximum absolute atomic E-state index is 5.40. The first kappa shape index (κ1) is 22.9. The van der Waals surface area contributed by atoms with E-state index >= 15 is 0 Å². The topological polar surface area (TPSA) is 82.7 Å². The van der Waals surface area contributed by atoms with Gasteiger partial charge in [0.15, 0.2) is 11.7 Å². The molecule has 0 atom stereocenters. The molecule has 2 aromatic heterocycles. The Morgan fingerprint density at radius 1 is 1.29 bits per heavy atom. The van der Waals surface area contributed by atoms with Crippen LogP contribution in [0.5, 0.6) is 0 Å². The van der Waals surface area contributed by atoms with Crippen LogP contribution >= 0.6 is 35.5 Å². The van der Waals surface area contributed by atoms with Crippen LogP contribution in [-0.4, -0.2) is 58.1 Å². The second-order valence-corrected chi connectivity index (χ2v) is 7.59. The molecule has 1 fully saturated rings. The van der Waals surface area contributed by atoms with Crippen LogP contribution in [0.3, 0.4) is 0 Å². The molecule has 0 spiro atoms. The highest BCUT2D eigenvalue weighted by atomic mass is 127. The second kappa shape index (κ2) is 10.9. The fourth-order valence-electron chi connectivity index (χ4n) is 2.88. The van der Waals surface area contributed by atoms with Crippen LogP contribution in [0.25, 0.3) is 0 Å². The molecule has 0 radical (unpaired) electrons. The molecule has 156 valence electrons. The Morgan fingerprint density at radius 2 is 2.04 bits per heavy atom. The number of piperazine rings is 1. The van der Waals surface area contributed by atoms with E-state index in [9.17, 15) is 0 Å². The van der Waals surface area contributed by atoms with Gasteiger partial charge in [-0.05, 0) is 12.8 Å². The molecule has 3 heterocycles. The summed E-state index contributed by atoms with van der Waals surface area (Å²) in [4.78, 5) is 14.0. The summed E-state index contributed by atoms with van der Waals surface area (Å²) in [5.74, 6) is 3.02. The lowest BCUT2D eigenvalue weighted by molar-refractivity contribution is 0.363. The number of rotatable bonds is 6. The molecule has 1 saturated heterocycles. The number of nitrogens with zero attached hydrogens (tertiary/aromatic N) is 6. The van der Waals surface area contributed by atoms with Gasteiger partial charge in [0, 0.05) is 56.7 Å². The van der Waals surface area contributed by atoms with E-state index in [1.165, 1.54) is 11.5 Å². The summed E-state index contributed by atoms with van der Waals surface area (Å²) in [6.45, 7) is 13.4.